The second-order valence-electron chi connectivity index (χ2n) is 14.9. The van der Waals surface area contributed by atoms with Gasteiger partial charge in [0.05, 0.1) is 17.5 Å². The van der Waals surface area contributed by atoms with Crippen molar-refractivity contribution in [2.75, 3.05) is 5.32 Å². The van der Waals surface area contributed by atoms with Crippen LogP contribution in [0.3, 0.4) is 0 Å². The monoisotopic (exact) mass is 743 g/mol. The number of benzene rings is 3. The number of rotatable bonds is 8. The van der Waals surface area contributed by atoms with Gasteiger partial charge in [-0.05, 0) is 77.8 Å². The Hall–Kier alpha value is -6.11. The molecule has 0 aliphatic heterocycles. The SMILES string of the molecule is O=C(O)[C@@H]1[C@@H](Nc2nc(-c3nn(C(c4ccccc4)(c4ccccc4)c4ccccc4)c4ncc(F)cc34)nn3c(C(F)(F)F)ccc23)[C@@H]2CC[C@H]1C1CC12. The normalized spacial score (nSPS) is 23.2. The first kappa shape index (κ1) is 33.5. The number of carbonyl (C=O) groups is 1. The van der Waals surface area contributed by atoms with E-state index in [1.165, 1.54) is 12.1 Å². The van der Waals surface area contributed by atoms with E-state index < -0.39 is 41.2 Å². The molecule has 0 spiro atoms. The highest BCUT2D eigenvalue weighted by molar-refractivity contribution is 5.90. The van der Waals surface area contributed by atoms with Crippen molar-refractivity contribution in [2.45, 2.75) is 37.0 Å². The summed E-state index contributed by atoms with van der Waals surface area (Å²) in [6, 6.07) is 31.8. The molecular weight excluding hydrogens is 711 g/mol. The van der Waals surface area contributed by atoms with Crippen LogP contribution in [0.4, 0.5) is 23.4 Å². The molecule has 6 atom stereocenters. The predicted octanol–water partition coefficient (Wildman–Crippen LogP) is 8.30. The highest BCUT2D eigenvalue weighted by Crippen LogP contribution is 2.64. The van der Waals surface area contributed by atoms with Gasteiger partial charge in [0.15, 0.2) is 11.5 Å². The lowest BCUT2D eigenvalue weighted by Gasteiger charge is -2.46. The number of aliphatic carboxylic acids is 1. The molecule has 2 N–H and O–H groups in total. The van der Waals surface area contributed by atoms with Crippen molar-refractivity contribution in [1.29, 1.82) is 0 Å². The standard InChI is InChI=1S/C42H33F4N7O2/c43-26-20-31-36(50-53(39(31)47-22-26)41(23-10-4-1-5-11-23,24-12-6-2-7-13-24)25-14-8-3-9-15-25)38-49-37(32-18-19-33(42(44,45)46)52(32)51-38)48-35-28-17-16-27(29-21-30(28)29)34(35)40(54)55/h1-15,18-20,22,27-30,34-35H,16-17,21H2,(H,54,55)(H,48,49,51)/t27-,28+,29?,30?,34-,35-/m0/s1. The number of nitrogens with zero attached hydrogens (tertiary/aromatic N) is 6. The highest BCUT2D eigenvalue weighted by atomic mass is 19.4. The first-order valence-corrected chi connectivity index (χ1v) is 18.3. The summed E-state index contributed by atoms with van der Waals surface area (Å²) < 4.78 is 61.5. The molecule has 4 aliphatic rings. The summed E-state index contributed by atoms with van der Waals surface area (Å²) in [7, 11) is 0. The van der Waals surface area contributed by atoms with Gasteiger partial charge in [-0.3, -0.25) is 4.79 Å². The second kappa shape index (κ2) is 12.2. The molecule has 0 saturated heterocycles. The van der Waals surface area contributed by atoms with Gasteiger partial charge < -0.3 is 10.4 Å². The predicted molar refractivity (Wildman–Crippen MR) is 195 cm³/mol. The lowest BCUT2D eigenvalue weighted by molar-refractivity contribution is -0.148. The molecule has 2 bridgehead atoms. The van der Waals surface area contributed by atoms with Crippen LogP contribution in [0, 0.1) is 35.4 Å². The minimum atomic E-state index is -4.79. The van der Waals surface area contributed by atoms with Crippen molar-refractivity contribution < 1.29 is 27.5 Å². The molecule has 7 aromatic rings. The fourth-order valence-corrected chi connectivity index (χ4v) is 9.85. The zero-order valence-electron chi connectivity index (χ0n) is 29.1. The largest absolute Gasteiger partial charge is 0.481 e. The molecule has 0 radical (unpaired) electrons. The molecule has 3 aromatic carbocycles. The Kier molecular flexibility index (Phi) is 7.42. The fraction of sp³-hybridized carbons (Fsp3) is 0.262. The van der Waals surface area contributed by atoms with Crippen molar-refractivity contribution in [2.24, 2.45) is 29.6 Å². The molecule has 2 unspecified atom stereocenters. The third kappa shape index (κ3) is 5.08. The lowest BCUT2D eigenvalue weighted by atomic mass is 9.61. The Morgan fingerprint density at radius 1 is 0.782 bits per heavy atom. The molecule has 11 rings (SSSR count). The zero-order chi connectivity index (χ0) is 37.6. The third-order valence-corrected chi connectivity index (χ3v) is 12.1. The number of aromatic nitrogens is 6. The van der Waals surface area contributed by atoms with Gasteiger partial charge in [0, 0.05) is 6.04 Å². The van der Waals surface area contributed by atoms with E-state index in [2.05, 4.69) is 15.4 Å². The Bertz CT molecular complexity index is 2500. The molecule has 4 heterocycles. The molecule has 276 valence electrons. The maximum absolute atomic E-state index is 15.3. The van der Waals surface area contributed by atoms with Crippen LogP contribution in [-0.4, -0.2) is 46.5 Å². The van der Waals surface area contributed by atoms with Crippen LogP contribution in [0.25, 0.3) is 28.1 Å². The summed E-state index contributed by atoms with van der Waals surface area (Å²) in [6.07, 6.45) is -1.11. The molecular formula is C42H33F4N7O2. The van der Waals surface area contributed by atoms with E-state index in [0.717, 1.165) is 52.7 Å². The molecule has 4 saturated carbocycles. The van der Waals surface area contributed by atoms with Crippen LogP contribution in [0.1, 0.15) is 41.6 Å². The highest BCUT2D eigenvalue weighted by Gasteiger charge is 2.63. The summed E-state index contributed by atoms with van der Waals surface area (Å²) in [5, 5.41) is 23.5. The lowest BCUT2D eigenvalue weighted by Crippen LogP contribution is -2.52. The van der Waals surface area contributed by atoms with Gasteiger partial charge in [0.25, 0.3) is 0 Å². The number of hydrogen-bond acceptors (Lipinski definition) is 6. The fourth-order valence-electron chi connectivity index (χ4n) is 9.85. The minimum Gasteiger partial charge on any atom is -0.481 e. The van der Waals surface area contributed by atoms with Crippen LogP contribution in [0.2, 0.25) is 0 Å². The van der Waals surface area contributed by atoms with Crippen molar-refractivity contribution >= 4 is 28.3 Å². The first-order valence-electron chi connectivity index (χ1n) is 18.3. The topological polar surface area (TPSA) is 110 Å². The van der Waals surface area contributed by atoms with Gasteiger partial charge >= 0.3 is 12.1 Å². The van der Waals surface area contributed by atoms with E-state index >= 15 is 4.39 Å². The number of anilines is 1. The van der Waals surface area contributed by atoms with E-state index in [4.69, 9.17) is 10.1 Å². The smallest absolute Gasteiger partial charge is 0.433 e. The van der Waals surface area contributed by atoms with Crippen molar-refractivity contribution in [3.05, 3.63) is 144 Å². The van der Waals surface area contributed by atoms with E-state index in [9.17, 15) is 23.1 Å². The van der Waals surface area contributed by atoms with E-state index in [1.807, 2.05) is 91.0 Å². The average Bonchev–Trinajstić information content (AvgIpc) is 3.77. The molecule has 4 aliphatic carbocycles. The number of carboxylic acid groups (broad SMARTS) is 1. The maximum Gasteiger partial charge on any atom is 0.433 e. The number of alkyl halides is 3. The molecule has 13 heteroatoms. The molecule has 55 heavy (non-hydrogen) atoms. The van der Waals surface area contributed by atoms with E-state index in [-0.39, 0.29) is 45.7 Å². The maximum atomic E-state index is 15.3. The summed E-state index contributed by atoms with van der Waals surface area (Å²) in [5.41, 5.74) is 0.409. The second-order valence-corrected chi connectivity index (χ2v) is 14.9. The van der Waals surface area contributed by atoms with Crippen LogP contribution in [0.5, 0.6) is 0 Å². The number of carboxylic acids is 1. The Labute approximate surface area is 311 Å². The Balaban J connectivity index is 1.24. The van der Waals surface area contributed by atoms with Crippen LogP contribution < -0.4 is 5.32 Å². The average molecular weight is 744 g/mol. The number of fused-ring (bicyclic) bond motifs is 4. The van der Waals surface area contributed by atoms with Gasteiger partial charge in [0.1, 0.15) is 28.3 Å². The minimum absolute atomic E-state index is 0.00292. The molecule has 4 fully saturated rings. The molecule has 4 aromatic heterocycles. The Morgan fingerprint density at radius 3 is 1.98 bits per heavy atom. The van der Waals surface area contributed by atoms with Crippen molar-refractivity contribution in [3.63, 3.8) is 0 Å². The summed E-state index contributed by atoms with van der Waals surface area (Å²) in [5.74, 6) is -1.75. The Morgan fingerprint density at radius 2 is 1.38 bits per heavy atom. The van der Waals surface area contributed by atoms with Crippen LogP contribution in [0.15, 0.2) is 115 Å². The van der Waals surface area contributed by atoms with Gasteiger partial charge in [-0.2, -0.15) is 18.3 Å². The van der Waals surface area contributed by atoms with Gasteiger partial charge in [-0.15, -0.1) is 5.10 Å². The van der Waals surface area contributed by atoms with E-state index in [1.54, 1.807) is 4.68 Å². The van der Waals surface area contributed by atoms with Gasteiger partial charge in [-0.25, -0.2) is 23.6 Å². The number of nitrogens with one attached hydrogen (secondary N) is 1. The number of halogens is 4. The van der Waals surface area contributed by atoms with E-state index in [0.29, 0.717) is 11.8 Å². The summed E-state index contributed by atoms with van der Waals surface area (Å²) in [4.78, 5) is 22.1. The van der Waals surface area contributed by atoms with Crippen molar-refractivity contribution in [1.82, 2.24) is 29.4 Å². The van der Waals surface area contributed by atoms with Crippen molar-refractivity contribution in [3.8, 4) is 11.5 Å². The quantitative estimate of drug-likeness (QED) is 0.119. The summed E-state index contributed by atoms with van der Waals surface area (Å²) >= 11 is 0. The summed E-state index contributed by atoms with van der Waals surface area (Å²) in [6.45, 7) is 0. The van der Waals surface area contributed by atoms with Gasteiger partial charge in [0.2, 0.25) is 5.82 Å². The molecule has 0 amide bonds. The number of hydrogen-bond donors (Lipinski definition) is 2. The third-order valence-electron chi connectivity index (χ3n) is 12.1. The zero-order valence-corrected chi connectivity index (χ0v) is 29.1. The first-order chi connectivity index (χ1) is 26.6. The number of pyridine rings is 1. The van der Waals surface area contributed by atoms with Crippen LogP contribution >= 0.6 is 0 Å². The molecule has 9 nitrogen and oxygen atoms in total. The van der Waals surface area contributed by atoms with Gasteiger partial charge in [-0.1, -0.05) is 91.0 Å². The van der Waals surface area contributed by atoms with Crippen LogP contribution in [-0.2, 0) is 16.5 Å².